The summed E-state index contributed by atoms with van der Waals surface area (Å²) in [5.74, 6) is 0.155. The molecule has 1 heterocycles. The highest BCUT2D eigenvalue weighted by molar-refractivity contribution is 5.77. The van der Waals surface area contributed by atoms with E-state index in [2.05, 4.69) is 32.0 Å². The minimum atomic E-state index is -0.617. The number of nitrogens with zero attached hydrogens (tertiary/aromatic N) is 1. The molecule has 0 aromatic heterocycles. The molecule has 1 aliphatic heterocycles. The number of β-amino-alcohol motifs (C(OH)–C–C–N with tert-alkyl or cyclic N) is 1. The average molecular weight is 261 g/mol. The lowest BCUT2D eigenvalue weighted by Crippen LogP contribution is -2.63. The van der Waals surface area contributed by atoms with Crippen molar-refractivity contribution < 1.29 is 9.90 Å². The first-order chi connectivity index (χ1) is 9.02. The predicted octanol–water partition coefficient (Wildman–Crippen LogP) is 2.30. The molecule has 3 heteroatoms. The summed E-state index contributed by atoms with van der Waals surface area (Å²) in [5.41, 5.74) is 1.82. The van der Waals surface area contributed by atoms with Gasteiger partial charge >= 0.3 is 0 Å². The van der Waals surface area contributed by atoms with Gasteiger partial charge in [-0.3, -0.25) is 4.79 Å². The van der Waals surface area contributed by atoms with Gasteiger partial charge in [-0.1, -0.05) is 43.2 Å². The van der Waals surface area contributed by atoms with Gasteiger partial charge in [0.05, 0.1) is 18.7 Å². The van der Waals surface area contributed by atoms with E-state index in [1.54, 1.807) is 4.90 Å². The van der Waals surface area contributed by atoms with Crippen LogP contribution in [0.4, 0.5) is 0 Å². The second kappa shape index (κ2) is 5.74. The third-order valence-corrected chi connectivity index (χ3v) is 3.75. The summed E-state index contributed by atoms with van der Waals surface area (Å²) >= 11 is 0. The van der Waals surface area contributed by atoms with Crippen molar-refractivity contribution in [3.05, 3.63) is 35.4 Å². The number of hydrogen-bond donors (Lipinski definition) is 1. The first-order valence-electron chi connectivity index (χ1n) is 7.08. The molecule has 1 aliphatic rings. The smallest absolute Gasteiger partial charge is 0.223 e. The van der Waals surface area contributed by atoms with E-state index in [4.69, 9.17) is 0 Å². The van der Waals surface area contributed by atoms with Gasteiger partial charge in [-0.15, -0.1) is 0 Å². The molecule has 0 aliphatic carbocycles. The van der Waals surface area contributed by atoms with Crippen molar-refractivity contribution in [1.29, 1.82) is 0 Å². The Bertz CT molecular complexity index is 450. The van der Waals surface area contributed by atoms with Crippen LogP contribution in [0.15, 0.2) is 24.3 Å². The Hall–Kier alpha value is -1.35. The highest BCUT2D eigenvalue weighted by atomic mass is 16.3. The van der Waals surface area contributed by atoms with Crippen molar-refractivity contribution >= 4 is 5.91 Å². The van der Waals surface area contributed by atoms with Gasteiger partial charge in [0.25, 0.3) is 0 Å². The van der Waals surface area contributed by atoms with Crippen LogP contribution in [0, 0.1) is 6.92 Å². The Labute approximate surface area is 115 Å². The van der Waals surface area contributed by atoms with Gasteiger partial charge in [-0.05, 0) is 25.3 Å². The van der Waals surface area contributed by atoms with E-state index in [0.717, 1.165) is 19.3 Å². The lowest BCUT2D eigenvalue weighted by atomic mass is 9.89. The van der Waals surface area contributed by atoms with E-state index in [1.807, 2.05) is 6.07 Å². The van der Waals surface area contributed by atoms with Crippen molar-refractivity contribution in [3.63, 3.8) is 0 Å². The van der Waals surface area contributed by atoms with Crippen LogP contribution in [0.3, 0.4) is 0 Å². The highest BCUT2D eigenvalue weighted by Gasteiger charge is 2.42. The minimum Gasteiger partial charge on any atom is -0.386 e. The minimum absolute atomic E-state index is 0.155. The van der Waals surface area contributed by atoms with Crippen molar-refractivity contribution in [2.24, 2.45) is 0 Å². The molecule has 1 aromatic rings. The molecular formula is C16H23NO2. The van der Waals surface area contributed by atoms with E-state index in [9.17, 15) is 9.90 Å². The maximum Gasteiger partial charge on any atom is 0.223 e. The fraction of sp³-hybridized carbons (Fsp3) is 0.562. The summed E-state index contributed by atoms with van der Waals surface area (Å²) in [6.07, 6.45) is 3.06. The quantitative estimate of drug-likeness (QED) is 0.883. The van der Waals surface area contributed by atoms with E-state index in [0.29, 0.717) is 19.5 Å². The molecular weight excluding hydrogens is 238 g/mol. The molecule has 0 atom stereocenters. The Morgan fingerprint density at radius 1 is 1.42 bits per heavy atom. The third kappa shape index (κ3) is 3.57. The number of amides is 1. The molecule has 0 unspecified atom stereocenters. The number of likely N-dealkylation sites (tertiary alicyclic amines) is 1. The topological polar surface area (TPSA) is 40.5 Å². The van der Waals surface area contributed by atoms with Gasteiger partial charge in [-0.25, -0.2) is 0 Å². The van der Waals surface area contributed by atoms with Crippen LogP contribution >= 0.6 is 0 Å². The van der Waals surface area contributed by atoms with Crippen LogP contribution in [0.1, 0.15) is 37.3 Å². The third-order valence-electron chi connectivity index (χ3n) is 3.75. The van der Waals surface area contributed by atoms with Crippen LogP contribution < -0.4 is 0 Å². The zero-order chi connectivity index (χ0) is 13.9. The van der Waals surface area contributed by atoms with Crippen molar-refractivity contribution in [2.75, 3.05) is 13.1 Å². The number of carbonyl (C=O) groups excluding carboxylic acids is 1. The maximum absolute atomic E-state index is 12.0. The summed E-state index contributed by atoms with van der Waals surface area (Å²) in [6, 6.07) is 8.27. The summed E-state index contributed by atoms with van der Waals surface area (Å²) < 4.78 is 0. The Balaban J connectivity index is 1.77. The van der Waals surface area contributed by atoms with Gasteiger partial charge in [-0.2, -0.15) is 0 Å². The molecule has 104 valence electrons. The molecule has 0 bridgehead atoms. The van der Waals surface area contributed by atoms with E-state index in [1.165, 1.54) is 11.1 Å². The summed E-state index contributed by atoms with van der Waals surface area (Å²) in [7, 11) is 0. The zero-order valence-electron chi connectivity index (χ0n) is 11.9. The second-order valence-corrected chi connectivity index (χ2v) is 5.71. The molecule has 1 N–H and O–H groups in total. The Morgan fingerprint density at radius 3 is 2.79 bits per heavy atom. The highest BCUT2D eigenvalue weighted by Crippen LogP contribution is 2.26. The van der Waals surface area contributed by atoms with Crippen LogP contribution in [-0.4, -0.2) is 34.6 Å². The second-order valence-electron chi connectivity index (χ2n) is 5.71. The van der Waals surface area contributed by atoms with E-state index in [-0.39, 0.29) is 5.91 Å². The SMILES string of the molecule is CCCC1(O)CN(C(=O)CCc2cccc(C)c2)C1. The standard InChI is InChI=1S/C16H23NO2/c1-3-9-16(19)11-17(12-16)15(18)8-7-14-6-4-5-13(2)10-14/h4-6,10,19H,3,7-9,11-12H2,1-2H3. The van der Waals surface area contributed by atoms with Gasteiger partial charge < -0.3 is 10.0 Å². The fourth-order valence-corrected chi connectivity index (χ4v) is 2.74. The summed E-state index contributed by atoms with van der Waals surface area (Å²) in [4.78, 5) is 13.8. The van der Waals surface area contributed by atoms with Gasteiger partial charge in [0.2, 0.25) is 5.91 Å². The molecule has 1 aromatic carbocycles. The molecule has 1 fully saturated rings. The number of aliphatic hydroxyl groups is 1. The number of aryl methyl sites for hydroxylation is 2. The maximum atomic E-state index is 12.0. The Morgan fingerprint density at radius 2 is 2.16 bits per heavy atom. The summed E-state index contributed by atoms with van der Waals surface area (Å²) in [5, 5.41) is 10.1. The monoisotopic (exact) mass is 261 g/mol. The van der Waals surface area contributed by atoms with Crippen LogP contribution in [0.25, 0.3) is 0 Å². The van der Waals surface area contributed by atoms with Crippen LogP contribution in [0.5, 0.6) is 0 Å². The lowest BCUT2D eigenvalue weighted by molar-refractivity contribution is -0.156. The van der Waals surface area contributed by atoms with Gasteiger partial charge in [0, 0.05) is 6.42 Å². The fourth-order valence-electron chi connectivity index (χ4n) is 2.74. The molecule has 0 saturated carbocycles. The normalized spacial score (nSPS) is 17.1. The summed E-state index contributed by atoms with van der Waals surface area (Å²) in [6.45, 7) is 5.13. The predicted molar refractivity (Wildman–Crippen MR) is 75.9 cm³/mol. The molecule has 19 heavy (non-hydrogen) atoms. The molecule has 0 radical (unpaired) electrons. The number of carbonyl (C=O) groups is 1. The number of rotatable bonds is 5. The molecule has 1 saturated heterocycles. The Kier molecular flexibility index (Phi) is 4.25. The first kappa shape index (κ1) is 14.1. The largest absolute Gasteiger partial charge is 0.386 e. The van der Waals surface area contributed by atoms with E-state index < -0.39 is 5.60 Å². The molecule has 1 amide bonds. The van der Waals surface area contributed by atoms with Gasteiger partial charge in [0.1, 0.15) is 0 Å². The average Bonchev–Trinajstić information content (AvgIpc) is 2.33. The van der Waals surface area contributed by atoms with Crippen LogP contribution in [0.2, 0.25) is 0 Å². The molecule has 0 spiro atoms. The first-order valence-corrected chi connectivity index (χ1v) is 7.08. The van der Waals surface area contributed by atoms with Crippen LogP contribution in [-0.2, 0) is 11.2 Å². The van der Waals surface area contributed by atoms with Gasteiger partial charge in [0.15, 0.2) is 0 Å². The molecule has 3 nitrogen and oxygen atoms in total. The molecule has 2 rings (SSSR count). The van der Waals surface area contributed by atoms with Crippen molar-refractivity contribution in [2.45, 2.75) is 45.1 Å². The van der Waals surface area contributed by atoms with Crippen molar-refractivity contribution in [1.82, 2.24) is 4.90 Å². The number of hydrogen-bond acceptors (Lipinski definition) is 2. The number of benzene rings is 1. The zero-order valence-corrected chi connectivity index (χ0v) is 11.9. The lowest BCUT2D eigenvalue weighted by Gasteiger charge is -2.46. The van der Waals surface area contributed by atoms with E-state index >= 15 is 0 Å². The van der Waals surface area contributed by atoms with Crippen molar-refractivity contribution in [3.8, 4) is 0 Å².